The van der Waals surface area contributed by atoms with E-state index in [0.29, 0.717) is 0 Å². The number of hydrogen-bond acceptors (Lipinski definition) is 2. The van der Waals surface area contributed by atoms with Crippen LogP contribution in [-0.2, 0) is 19.5 Å². The lowest BCUT2D eigenvalue weighted by Crippen LogP contribution is -2.30. The van der Waals surface area contributed by atoms with E-state index in [4.69, 9.17) is 5.73 Å². The lowest BCUT2D eigenvalue weighted by Gasteiger charge is -2.26. The Hall–Kier alpha value is -1.32. The standard InChI is InChI=1S/C16H23N3/c1-11-8-12(2)16-14(9-11)13(4-5-17)15-10-18(3)6-7-19(15)16/h8-9H,4-7,10,17H2,1-3H3. The highest BCUT2D eigenvalue weighted by molar-refractivity contribution is 5.89. The minimum atomic E-state index is 0.725. The number of nitrogens with zero attached hydrogens (tertiary/aromatic N) is 2. The molecule has 2 N–H and O–H groups in total. The van der Waals surface area contributed by atoms with Crippen LogP contribution in [0.25, 0.3) is 10.9 Å². The summed E-state index contributed by atoms with van der Waals surface area (Å²) >= 11 is 0. The van der Waals surface area contributed by atoms with Gasteiger partial charge < -0.3 is 10.3 Å². The van der Waals surface area contributed by atoms with Gasteiger partial charge in [0.2, 0.25) is 0 Å². The summed E-state index contributed by atoms with van der Waals surface area (Å²) in [7, 11) is 2.20. The fourth-order valence-corrected chi connectivity index (χ4v) is 3.46. The Morgan fingerprint density at radius 2 is 2.00 bits per heavy atom. The molecule has 1 aromatic carbocycles. The molecule has 0 radical (unpaired) electrons. The van der Waals surface area contributed by atoms with Crippen molar-refractivity contribution in [2.75, 3.05) is 20.1 Å². The van der Waals surface area contributed by atoms with Crippen LogP contribution in [0.2, 0.25) is 0 Å². The van der Waals surface area contributed by atoms with Gasteiger partial charge in [0.1, 0.15) is 0 Å². The van der Waals surface area contributed by atoms with Gasteiger partial charge in [-0.05, 0) is 51.1 Å². The summed E-state index contributed by atoms with van der Waals surface area (Å²) in [6.07, 6.45) is 0.982. The second-order valence-electron chi connectivity index (χ2n) is 5.83. The van der Waals surface area contributed by atoms with Crippen LogP contribution in [0.4, 0.5) is 0 Å². The average Bonchev–Trinajstić information content (AvgIpc) is 2.64. The van der Waals surface area contributed by atoms with Crippen LogP contribution in [0, 0.1) is 13.8 Å². The Bertz CT molecular complexity index is 625. The highest BCUT2D eigenvalue weighted by Gasteiger charge is 2.22. The minimum Gasteiger partial charge on any atom is -0.342 e. The molecule has 3 rings (SSSR count). The smallest absolute Gasteiger partial charge is 0.0516 e. The zero-order valence-electron chi connectivity index (χ0n) is 12.2. The normalized spacial score (nSPS) is 16.0. The quantitative estimate of drug-likeness (QED) is 0.895. The molecular formula is C16H23N3. The molecule has 0 amide bonds. The summed E-state index contributed by atoms with van der Waals surface area (Å²) in [6.45, 7) is 8.41. The number of fused-ring (bicyclic) bond motifs is 3. The molecule has 0 fully saturated rings. The van der Waals surface area contributed by atoms with E-state index in [1.165, 1.54) is 33.3 Å². The van der Waals surface area contributed by atoms with Crippen LogP contribution in [0.1, 0.15) is 22.4 Å². The summed E-state index contributed by atoms with van der Waals surface area (Å²) in [5, 5.41) is 1.42. The zero-order chi connectivity index (χ0) is 13.6. The van der Waals surface area contributed by atoms with Gasteiger partial charge in [0, 0.05) is 30.7 Å². The Morgan fingerprint density at radius 1 is 1.21 bits per heavy atom. The number of rotatable bonds is 2. The predicted octanol–water partition coefficient (Wildman–Crippen LogP) is 2.20. The molecule has 102 valence electrons. The molecule has 1 aromatic heterocycles. The summed E-state index contributed by atoms with van der Waals surface area (Å²) in [6, 6.07) is 4.62. The van der Waals surface area contributed by atoms with Gasteiger partial charge in [-0.2, -0.15) is 0 Å². The van der Waals surface area contributed by atoms with Gasteiger partial charge in [-0.1, -0.05) is 11.6 Å². The van der Waals surface area contributed by atoms with Gasteiger partial charge in [0.05, 0.1) is 5.52 Å². The topological polar surface area (TPSA) is 34.2 Å². The van der Waals surface area contributed by atoms with Crippen LogP contribution in [0.15, 0.2) is 12.1 Å². The highest BCUT2D eigenvalue weighted by atomic mass is 15.2. The third-order valence-electron chi connectivity index (χ3n) is 4.23. The SMILES string of the molecule is Cc1cc(C)c2c(c1)c(CCN)c1n2CCN(C)C1. The predicted molar refractivity (Wildman–Crippen MR) is 80.5 cm³/mol. The van der Waals surface area contributed by atoms with E-state index in [-0.39, 0.29) is 0 Å². The number of nitrogens with two attached hydrogens (primary N) is 1. The molecule has 0 saturated heterocycles. The highest BCUT2D eigenvalue weighted by Crippen LogP contribution is 2.32. The van der Waals surface area contributed by atoms with Crippen molar-refractivity contribution in [2.45, 2.75) is 33.4 Å². The second-order valence-corrected chi connectivity index (χ2v) is 5.83. The molecule has 1 aliphatic rings. The first-order chi connectivity index (χ1) is 9.11. The Morgan fingerprint density at radius 3 is 2.74 bits per heavy atom. The molecule has 0 aliphatic carbocycles. The van der Waals surface area contributed by atoms with Gasteiger partial charge in [0.15, 0.2) is 0 Å². The van der Waals surface area contributed by atoms with Crippen molar-refractivity contribution in [3.05, 3.63) is 34.5 Å². The number of aromatic nitrogens is 1. The minimum absolute atomic E-state index is 0.725. The third-order valence-corrected chi connectivity index (χ3v) is 4.23. The van der Waals surface area contributed by atoms with Crippen molar-refractivity contribution in [2.24, 2.45) is 5.73 Å². The molecule has 3 heteroatoms. The number of aryl methyl sites for hydroxylation is 2. The van der Waals surface area contributed by atoms with Gasteiger partial charge in [-0.25, -0.2) is 0 Å². The van der Waals surface area contributed by atoms with Gasteiger partial charge in [0.25, 0.3) is 0 Å². The fourth-order valence-electron chi connectivity index (χ4n) is 3.46. The van der Waals surface area contributed by atoms with E-state index >= 15 is 0 Å². The van der Waals surface area contributed by atoms with Gasteiger partial charge >= 0.3 is 0 Å². The van der Waals surface area contributed by atoms with E-state index < -0.39 is 0 Å². The van der Waals surface area contributed by atoms with E-state index in [2.05, 4.69) is 42.5 Å². The van der Waals surface area contributed by atoms with Crippen molar-refractivity contribution in [3.63, 3.8) is 0 Å². The van der Waals surface area contributed by atoms with Crippen LogP contribution < -0.4 is 5.73 Å². The van der Waals surface area contributed by atoms with Crippen molar-refractivity contribution in [1.82, 2.24) is 9.47 Å². The lowest BCUT2D eigenvalue weighted by atomic mass is 10.0. The van der Waals surface area contributed by atoms with Gasteiger partial charge in [-0.3, -0.25) is 4.90 Å². The molecule has 0 saturated carbocycles. The first-order valence-corrected chi connectivity index (χ1v) is 7.11. The fraction of sp³-hybridized carbons (Fsp3) is 0.500. The largest absolute Gasteiger partial charge is 0.342 e. The average molecular weight is 257 g/mol. The van der Waals surface area contributed by atoms with E-state index in [1.54, 1.807) is 0 Å². The Labute approximate surface area is 115 Å². The zero-order valence-corrected chi connectivity index (χ0v) is 12.2. The molecular weight excluding hydrogens is 234 g/mol. The maximum atomic E-state index is 5.83. The molecule has 1 aliphatic heterocycles. The van der Waals surface area contributed by atoms with E-state index in [9.17, 15) is 0 Å². The molecule has 19 heavy (non-hydrogen) atoms. The molecule has 0 bridgehead atoms. The third kappa shape index (κ3) is 1.97. The van der Waals surface area contributed by atoms with Crippen LogP contribution in [0.3, 0.4) is 0 Å². The summed E-state index contributed by atoms with van der Waals surface area (Å²) in [5.74, 6) is 0. The molecule has 2 heterocycles. The molecule has 3 nitrogen and oxygen atoms in total. The van der Waals surface area contributed by atoms with Crippen LogP contribution in [0.5, 0.6) is 0 Å². The van der Waals surface area contributed by atoms with Gasteiger partial charge in [-0.15, -0.1) is 0 Å². The van der Waals surface area contributed by atoms with Crippen LogP contribution in [-0.4, -0.2) is 29.6 Å². The lowest BCUT2D eigenvalue weighted by molar-refractivity contribution is 0.271. The van der Waals surface area contributed by atoms with Crippen molar-refractivity contribution in [1.29, 1.82) is 0 Å². The Balaban J connectivity index is 2.32. The van der Waals surface area contributed by atoms with E-state index in [0.717, 1.165) is 32.6 Å². The van der Waals surface area contributed by atoms with Crippen molar-refractivity contribution in [3.8, 4) is 0 Å². The Kier molecular flexibility index (Phi) is 3.11. The molecule has 0 unspecified atom stereocenters. The second kappa shape index (κ2) is 4.66. The number of benzene rings is 1. The monoisotopic (exact) mass is 257 g/mol. The number of likely N-dealkylation sites (N-methyl/N-ethyl adjacent to an activating group) is 1. The van der Waals surface area contributed by atoms with Crippen LogP contribution >= 0.6 is 0 Å². The van der Waals surface area contributed by atoms with Crippen molar-refractivity contribution < 1.29 is 0 Å². The maximum Gasteiger partial charge on any atom is 0.0516 e. The summed E-state index contributed by atoms with van der Waals surface area (Å²) < 4.78 is 2.52. The first kappa shape index (κ1) is 12.7. The summed E-state index contributed by atoms with van der Waals surface area (Å²) in [4.78, 5) is 2.40. The number of hydrogen-bond donors (Lipinski definition) is 1. The molecule has 0 spiro atoms. The summed E-state index contributed by atoms with van der Waals surface area (Å²) in [5.41, 5.74) is 12.9. The molecule has 0 atom stereocenters. The maximum absolute atomic E-state index is 5.83. The first-order valence-electron chi connectivity index (χ1n) is 7.11. The van der Waals surface area contributed by atoms with E-state index in [1.807, 2.05) is 0 Å². The van der Waals surface area contributed by atoms with Crippen molar-refractivity contribution >= 4 is 10.9 Å². The molecule has 2 aromatic rings.